The average Bonchev–Trinajstić information content (AvgIpc) is 2.75. The number of rotatable bonds is 4. The van der Waals surface area contributed by atoms with Crippen molar-refractivity contribution in [3.63, 3.8) is 0 Å². The van der Waals surface area contributed by atoms with Crippen LogP contribution in [0.15, 0.2) is 24.3 Å². The zero-order chi connectivity index (χ0) is 13.1. The highest BCUT2D eigenvalue weighted by atomic mass is 32.1. The molecule has 96 valence electrons. The molecule has 0 unspecified atom stereocenters. The van der Waals surface area contributed by atoms with Crippen LogP contribution in [0.2, 0.25) is 0 Å². The molecular formula is C14H19N3S. The fraction of sp³-hybridized carbons (Fsp3) is 0.429. The van der Waals surface area contributed by atoms with Crippen molar-refractivity contribution in [2.45, 2.75) is 33.1 Å². The maximum atomic E-state index is 5.62. The first-order valence-corrected chi connectivity index (χ1v) is 7.05. The van der Waals surface area contributed by atoms with Gasteiger partial charge in [-0.3, -0.25) is 0 Å². The number of nitrogens with two attached hydrogens (primary N) is 1. The molecule has 3 nitrogen and oxygen atoms in total. The van der Waals surface area contributed by atoms with Gasteiger partial charge in [-0.1, -0.05) is 56.4 Å². The van der Waals surface area contributed by atoms with Crippen LogP contribution in [-0.4, -0.2) is 10.2 Å². The Balaban J connectivity index is 2.14. The SMILES string of the molecule is CC(C)Cc1ccc([C@@H](C)c2nnc(N)s2)cc1. The monoisotopic (exact) mass is 261 g/mol. The Kier molecular flexibility index (Phi) is 3.97. The summed E-state index contributed by atoms with van der Waals surface area (Å²) >= 11 is 1.46. The Bertz CT molecular complexity index is 502. The first kappa shape index (κ1) is 13.0. The predicted octanol–water partition coefficient (Wildman–Crippen LogP) is 3.47. The van der Waals surface area contributed by atoms with E-state index in [0.29, 0.717) is 11.0 Å². The summed E-state index contributed by atoms with van der Waals surface area (Å²) in [5.41, 5.74) is 8.27. The van der Waals surface area contributed by atoms with Gasteiger partial charge in [-0.2, -0.15) is 0 Å². The second kappa shape index (κ2) is 5.48. The van der Waals surface area contributed by atoms with Gasteiger partial charge in [0, 0.05) is 5.92 Å². The number of hydrogen-bond donors (Lipinski definition) is 1. The van der Waals surface area contributed by atoms with Crippen molar-refractivity contribution in [1.82, 2.24) is 10.2 Å². The molecule has 4 heteroatoms. The minimum absolute atomic E-state index is 0.257. The summed E-state index contributed by atoms with van der Waals surface area (Å²) in [4.78, 5) is 0. The lowest BCUT2D eigenvalue weighted by Crippen LogP contribution is -1.98. The highest BCUT2D eigenvalue weighted by Crippen LogP contribution is 2.27. The summed E-state index contributed by atoms with van der Waals surface area (Å²) < 4.78 is 0. The molecule has 0 bridgehead atoms. The lowest BCUT2D eigenvalue weighted by atomic mass is 9.97. The van der Waals surface area contributed by atoms with E-state index in [-0.39, 0.29) is 5.92 Å². The Morgan fingerprint density at radius 3 is 2.28 bits per heavy atom. The third kappa shape index (κ3) is 3.07. The van der Waals surface area contributed by atoms with E-state index < -0.39 is 0 Å². The summed E-state index contributed by atoms with van der Waals surface area (Å²) in [5.74, 6) is 0.948. The predicted molar refractivity (Wildman–Crippen MR) is 76.8 cm³/mol. The molecule has 0 saturated heterocycles. The molecule has 1 aromatic carbocycles. The van der Waals surface area contributed by atoms with Crippen LogP contribution < -0.4 is 5.73 Å². The minimum Gasteiger partial charge on any atom is -0.374 e. The average molecular weight is 261 g/mol. The van der Waals surface area contributed by atoms with E-state index in [0.717, 1.165) is 11.4 Å². The van der Waals surface area contributed by atoms with Gasteiger partial charge in [-0.05, 0) is 23.5 Å². The summed E-state index contributed by atoms with van der Waals surface area (Å²) in [7, 11) is 0. The minimum atomic E-state index is 0.257. The molecule has 0 spiro atoms. The number of nitrogens with zero attached hydrogens (tertiary/aromatic N) is 2. The molecule has 18 heavy (non-hydrogen) atoms. The van der Waals surface area contributed by atoms with Gasteiger partial charge in [0.05, 0.1) is 0 Å². The van der Waals surface area contributed by atoms with Crippen molar-refractivity contribution in [1.29, 1.82) is 0 Å². The van der Waals surface area contributed by atoms with Gasteiger partial charge >= 0.3 is 0 Å². The number of aromatic nitrogens is 2. The van der Waals surface area contributed by atoms with E-state index in [1.165, 1.54) is 22.5 Å². The Morgan fingerprint density at radius 2 is 1.78 bits per heavy atom. The van der Waals surface area contributed by atoms with E-state index in [4.69, 9.17) is 5.73 Å². The van der Waals surface area contributed by atoms with Gasteiger partial charge < -0.3 is 5.73 Å². The topological polar surface area (TPSA) is 51.8 Å². The maximum absolute atomic E-state index is 5.62. The smallest absolute Gasteiger partial charge is 0.203 e. The van der Waals surface area contributed by atoms with Crippen molar-refractivity contribution in [3.05, 3.63) is 40.4 Å². The molecule has 2 N–H and O–H groups in total. The van der Waals surface area contributed by atoms with Crippen LogP contribution >= 0.6 is 11.3 Å². The van der Waals surface area contributed by atoms with Gasteiger partial charge in [0.25, 0.3) is 0 Å². The van der Waals surface area contributed by atoms with E-state index >= 15 is 0 Å². The number of hydrogen-bond acceptors (Lipinski definition) is 4. The van der Waals surface area contributed by atoms with Crippen molar-refractivity contribution in [2.24, 2.45) is 5.92 Å². The first-order chi connectivity index (χ1) is 8.56. The molecular weight excluding hydrogens is 242 g/mol. The first-order valence-electron chi connectivity index (χ1n) is 6.24. The Hall–Kier alpha value is -1.42. The zero-order valence-corrected chi connectivity index (χ0v) is 11.9. The van der Waals surface area contributed by atoms with E-state index in [1.807, 2.05) is 0 Å². The molecule has 1 aromatic heterocycles. The third-order valence-electron chi connectivity index (χ3n) is 2.95. The van der Waals surface area contributed by atoms with E-state index in [1.54, 1.807) is 0 Å². The largest absolute Gasteiger partial charge is 0.374 e. The molecule has 0 radical (unpaired) electrons. The van der Waals surface area contributed by atoms with Crippen LogP contribution in [-0.2, 0) is 6.42 Å². The molecule has 2 rings (SSSR count). The van der Waals surface area contributed by atoms with Gasteiger partial charge in [0.15, 0.2) is 0 Å². The lowest BCUT2D eigenvalue weighted by Gasteiger charge is -2.10. The second-order valence-electron chi connectivity index (χ2n) is 5.04. The van der Waals surface area contributed by atoms with Crippen molar-refractivity contribution in [3.8, 4) is 0 Å². The summed E-state index contributed by atoms with van der Waals surface area (Å²) in [6.07, 6.45) is 1.13. The van der Waals surface area contributed by atoms with Crippen molar-refractivity contribution in [2.75, 3.05) is 5.73 Å². The molecule has 0 saturated carbocycles. The molecule has 0 fully saturated rings. The van der Waals surface area contributed by atoms with Crippen molar-refractivity contribution >= 4 is 16.5 Å². The van der Waals surface area contributed by atoms with Crippen LogP contribution in [0.4, 0.5) is 5.13 Å². The van der Waals surface area contributed by atoms with Crippen molar-refractivity contribution < 1.29 is 0 Å². The molecule has 1 atom stereocenters. The summed E-state index contributed by atoms with van der Waals surface area (Å²) in [5, 5.41) is 9.48. The van der Waals surface area contributed by atoms with E-state index in [9.17, 15) is 0 Å². The fourth-order valence-electron chi connectivity index (χ4n) is 1.98. The van der Waals surface area contributed by atoms with Crippen LogP contribution in [0.3, 0.4) is 0 Å². The molecule has 0 amide bonds. The molecule has 0 aliphatic carbocycles. The maximum Gasteiger partial charge on any atom is 0.203 e. The third-order valence-corrected chi connectivity index (χ3v) is 3.89. The van der Waals surface area contributed by atoms with Gasteiger partial charge in [0.1, 0.15) is 5.01 Å². The highest BCUT2D eigenvalue weighted by Gasteiger charge is 2.13. The number of nitrogen functional groups attached to an aromatic ring is 1. The zero-order valence-electron chi connectivity index (χ0n) is 11.1. The summed E-state index contributed by atoms with van der Waals surface area (Å²) in [6.45, 7) is 6.61. The molecule has 0 aliphatic heterocycles. The Morgan fingerprint density at radius 1 is 1.11 bits per heavy atom. The second-order valence-corrected chi connectivity index (χ2v) is 6.08. The van der Waals surface area contributed by atoms with E-state index in [2.05, 4.69) is 55.2 Å². The number of anilines is 1. The van der Waals surface area contributed by atoms with Gasteiger partial charge in [0.2, 0.25) is 5.13 Å². The number of benzene rings is 1. The molecule has 0 aliphatic rings. The van der Waals surface area contributed by atoms with Crippen LogP contribution in [0.25, 0.3) is 0 Å². The summed E-state index contributed by atoms with van der Waals surface area (Å²) in [6, 6.07) is 8.77. The highest BCUT2D eigenvalue weighted by molar-refractivity contribution is 7.15. The Labute approximate surface area is 112 Å². The van der Waals surface area contributed by atoms with Crippen LogP contribution in [0.1, 0.15) is 42.8 Å². The quantitative estimate of drug-likeness (QED) is 0.916. The lowest BCUT2D eigenvalue weighted by molar-refractivity contribution is 0.647. The van der Waals surface area contributed by atoms with Gasteiger partial charge in [-0.15, -0.1) is 10.2 Å². The molecule has 1 heterocycles. The van der Waals surface area contributed by atoms with Gasteiger partial charge in [-0.25, -0.2) is 0 Å². The molecule has 2 aromatic rings. The van der Waals surface area contributed by atoms with Crippen LogP contribution in [0.5, 0.6) is 0 Å². The normalized spacial score (nSPS) is 12.9. The van der Waals surface area contributed by atoms with Crippen LogP contribution in [0, 0.1) is 5.92 Å². The standard InChI is InChI=1S/C14H19N3S/c1-9(2)8-11-4-6-12(7-5-11)10(3)13-16-17-14(15)18-13/h4-7,9-10H,8H2,1-3H3,(H2,15,17)/t10-/m1/s1. The fourth-order valence-corrected chi connectivity index (χ4v) is 2.67.